The van der Waals surface area contributed by atoms with Crippen LogP contribution in [0.4, 0.5) is 4.39 Å². The summed E-state index contributed by atoms with van der Waals surface area (Å²) in [5.41, 5.74) is 2.10. The molecule has 0 bridgehead atoms. The molecule has 0 saturated heterocycles. The number of esters is 2. The first-order chi connectivity index (χ1) is 12.5. The summed E-state index contributed by atoms with van der Waals surface area (Å²) < 4.78 is 24.0. The van der Waals surface area contributed by atoms with Crippen LogP contribution >= 0.6 is 0 Å². The van der Waals surface area contributed by atoms with Gasteiger partial charge in [-0.3, -0.25) is 0 Å². The molecule has 2 aliphatic heterocycles. The van der Waals surface area contributed by atoms with Gasteiger partial charge in [0.05, 0.1) is 29.7 Å². The van der Waals surface area contributed by atoms with Gasteiger partial charge in [0.2, 0.25) is 0 Å². The Morgan fingerprint density at radius 1 is 1.46 bits per heavy atom. The van der Waals surface area contributed by atoms with Crippen molar-refractivity contribution >= 4 is 11.9 Å². The molecule has 2 atom stereocenters. The van der Waals surface area contributed by atoms with Crippen LogP contribution in [0.25, 0.3) is 0 Å². The molecular weight excluding hydrogens is 337 g/mol. The Kier molecular flexibility index (Phi) is 4.01. The van der Waals surface area contributed by atoms with Crippen molar-refractivity contribution in [3.05, 3.63) is 46.3 Å². The second-order valence-corrected chi connectivity index (χ2v) is 7.49. The van der Waals surface area contributed by atoms with E-state index in [2.05, 4.69) is 18.3 Å². The van der Waals surface area contributed by atoms with E-state index < -0.39 is 29.9 Å². The molecule has 2 aliphatic carbocycles. The molecule has 0 spiro atoms. The van der Waals surface area contributed by atoms with Gasteiger partial charge in [0.1, 0.15) is 13.3 Å². The number of methoxy groups -OCH3 is 1. The number of allylic oxidation sites excluding steroid dienone is 5. The minimum absolute atomic E-state index is 0.0804. The third kappa shape index (κ3) is 2.42. The third-order valence-electron chi connectivity index (χ3n) is 5.90. The predicted octanol–water partition coefficient (Wildman–Crippen LogP) is 2.72. The van der Waals surface area contributed by atoms with E-state index in [4.69, 9.17) is 9.47 Å². The zero-order valence-corrected chi connectivity index (χ0v) is 14.9. The van der Waals surface area contributed by atoms with E-state index in [9.17, 15) is 14.0 Å². The maximum atomic E-state index is 13.8. The van der Waals surface area contributed by atoms with Crippen molar-refractivity contribution in [2.24, 2.45) is 17.3 Å². The number of carbonyl (C=O) groups is 2. The first-order valence-electron chi connectivity index (χ1n) is 8.93. The van der Waals surface area contributed by atoms with Crippen molar-refractivity contribution in [1.82, 2.24) is 5.32 Å². The number of dihydropyridines is 1. The Bertz CT molecular complexity index is 803. The van der Waals surface area contributed by atoms with Gasteiger partial charge >= 0.3 is 11.9 Å². The Balaban J connectivity index is 1.90. The summed E-state index contributed by atoms with van der Waals surface area (Å²) in [6.45, 7) is 1.31. The largest absolute Gasteiger partial charge is 0.466 e. The second-order valence-electron chi connectivity index (χ2n) is 7.49. The monoisotopic (exact) mass is 359 g/mol. The first-order valence-corrected chi connectivity index (χ1v) is 8.93. The minimum Gasteiger partial charge on any atom is -0.466 e. The van der Waals surface area contributed by atoms with Crippen molar-refractivity contribution in [2.45, 2.75) is 26.2 Å². The van der Waals surface area contributed by atoms with Gasteiger partial charge in [-0.1, -0.05) is 30.7 Å². The van der Waals surface area contributed by atoms with Gasteiger partial charge in [0.25, 0.3) is 0 Å². The van der Waals surface area contributed by atoms with Gasteiger partial charge < -0.3 is 14.8 Å². The average molecular weight is 359 g/mol. The fourth-order valence-electron chi connectivity index (χ4n) is 4.55. The smallest absolute Gasteiger partial charge is 0.336 e. The number of alkyl halides is 1. The van der Waals surface area contributed by atoms with Crippen molar-refractivity contribution in [1.29, 1.82) is 0 Å². The Hall–Kier alpha value is -2.37. The summed E-state index contributed by atoms with van der Waals surface area (Å²) in [6.07, 6.45) is 9.03. The average Bonchev–Trinajstić information content (AvgIpc) is 3.43. The summed E-state index contributed by atoms with van der Waals surface area (Å²) >= 11 is 0. The molecule has 1 saturated carbocycles. The molecule has 6 heteroatoms. The molecule has 1 fully saturated rings. The summed E-state index contributed by atoms with van der Waals surface area (Å²) in [6, 6.07) is 0. The van der Waals surface area contributed by atoms with Crippen LogP contribution in [0.1, 0.15) is 26.2 Å². The molecule has 0 amide bonds. The zero-order valence-electron chi connectivity index (χ0n) is 14.9. The van der Waals surface area contributed by atoms with Crippen molar-refractivity contribution < 1.29 is 23.5 Å². The normalized spacial score (nSPS) is 30.7. The maximum absolute atomic E-state index is 13.8. The second kappa shape index (κ2) is 6.11. The molecular formula is C20H22FNO4. The Morgan fingerprint density at radius 3 is 2.88 bits per heavy atom. The van der Waals surface area contributed by atoms with Crippen LogP contribution in [0, 0.1) is 17.3 Å². The summed E-state index contributed by atoms with van der Waals surface area (Å²) in [5.74, 6) is -1.17. The molecule has 1 N–H and O–H groups in total. The van der Waals surface area contributed by atoms with Crippen molar-refractivity contribution in [3.63, 3.8) is 0 Å². The van der Waals surface area contributed by atoms with E-state index in [0.29, 0.717) is 23.6 Å². The van der Waals surface area contributed by atoms with Crippen LogP contribution in [-0.4, -0.2) is 32.3 Å². The van der Waals surface area contributed by atoms with Gasteiger partial charge in [-0.25, -0.2) is 14.0 Å². The highest BCUT2D eigenvalue weighted by Gasteiger charge is 2.53. The fourth-order valence-corrected chi connectivity index (χ4v) is 4.55. The number of carbonyl (C=O) groups excluding carboxylic acids is 2. The molecule has 4 aliphatic rings. The Labute approximate surface area is 151 Å². The van der Waals surface area contributed by atoms with Crippen LogP contribution in [0.3, 0.4) is 0 Å². The molecule has 5 nitrogen and oxygen atoms in total. The lowest BCUT2D eigenvalue weighted by Gasteiger charge is -2.43. The van der Waals surface area contributed by atoms with Crippen LogP contribution in [0.5, 0.6) is 0 Å². The first kappa shape index (κ1) is 17.1. The highest BCUT2D eigenvalue weighted by atomic mass is 19.1. The summed E-state index contributed by atoms with van der Waals surface area (Å²) in [7, 11) is 1.28. The standard InChI is InChI=1S/C20H22FNO4/c1-20(8-4-3-5-12(20)11-6-7-11)17-15(18(23)25-2)13(9-21)22-14-10-26-19(24)16(14)17/h3-5,11,17,22H,6-10H2,1-2H3/t17-,20?/m1/s1. The third-order valence-corrected chi connectivity index (χ3v) is 5.90. The SMILES string of the molecule is COC(=O)C1=C(CF)NC2=C(C(=O)OC2)[C@@H]1C1(C)CC=CC=C1C1CC1. The van der Waals surface area contributed by atoms with Crippen LogP contribution in [0.2, 0.25) is 0 Å². The van der Waals surface area contributed by atoms with E-state index in [1.807, 2.05) is 12.2 Å². The number of hydrogen-bond acceptors (Lipinski definition) is 5. The molecule has 1 unspecified atom stereocenters. The topological polar surface area (TPSA) is 64.6 Å². The quantitative estimate of drug-likeness (QED) is 0.782. The number of hydrogen-bond donors (Lipinski definition) is 1. The molecule has 0 radical (unpaired) electrons. The van der Waals surface area contributed by atoms with Gasteiger partial charge in [0.15, 0.2) is 0 Å². The molecule has 2 heterocycles. The number of halogens is 1. The van der Waals surface area contributed by atoms with E-state index in [-0.39, 0.29) is 17.9 Å². The van der Waals surface area contributed by atoms with E-state index in [0.717, 1.165) is 12.8 Å². The lowest BCUT2D eigenvalue weighted by Crippen LogP contribution is -2.42. The molecule has 26 heavy (non-hydrogen) atoms. The van der Waals surface area contributed by atoms with Crippen LogP contribution < -0.4 is 5.32 Å². The Morgan fingerprint density at radius 2 is 2.23 bits per heavy atom. The zero-order chi connectivity index (χ0) is 18.5. The molecule has 0 aromatic rings. The lowest BCUT2D eigenvalue weighted by atomic mass is 9.60. The summed E-state index contributed by atoms with van der Waals surface area (Å²) in [5, 5.41) is 2.91. The number of cyclic esters (lactones) is 1. The predicted molar refractivity (Wildman–Crippen MR) is 92.3 cm³/mol. The van der Waals surface area contributed by atoms with Gasteiger partial charge in [-0.15, -0.1) is 0 Å². The fraction of sp³-hybridized carbons (Fsp3) is 0.500. The number of ether oxygens (including phenoxy) is 2. The lowest BCUT2D eigenvalue weighted by molar-refractivity contribution is -0.137. The number of nitrogens with one attached hydrogen (secondary N) is 1. The molecule has 0 aromatic carbocycles. The molecule has 138 valence electrons. The minimum atomic E-state index is -0.833. The summed E-state index contributed by atoms with van der Waals surface area (Å²) in [4.78, 5) is 25.1. The van der Waals surface area contributed by atoms with Gasteiger partial charge in [-0.05, 0) is 25.2 Å². The highest BCUT2D eigenvalue weighted by Crippen LogP contribution is 2.57. The van der Waals surface area contributed by atoms with E-state index in [1.54, 1.807) is 0 Å². The molecule has 4 rings (SSSR count). The highest BCUT2D eigenvalue weighted by molar-refractivity contribution is 5.99. The van der Waals surface area contributed by atoms with E-state index >= 15 is 0 Å². The molecule has 0 aromatic heterocycles. The van der Waals surface area contributed by atoms with E-state index in [1.165, 1.54) is 12.7 Å². The van der Waals surface area contributed by atoms with Crippen LogP contribution in [-0.2, 0) is 19.1 Å². The van der Waals surface area contributed by atoms with Gasteiger partial charge in [-0.2, -0.15) is 0 Å². The maximum Gasteiger partial charge on any atom is 0.336 e. The van der Waals surface area contributed by atoms with Crippen molar-refractivity contribution in [2.75, 3.05) is 20.4 Å². The number of rotatable bonds is 4. The van der Waals surface area contributed by atoms with Crippen molar-refractivity contribution in [3.8, 4) is 0 Å². The van der Waals surface area contributed by atoms with Gasteiger partial charge in [0, 0.05) is 11.3 Å². The van der Waals surface area contributed by atoms with Crippen LogP contribution in [0.15, 0.2) is 46.3 Å².